The lowest BCUT2D eigenvalue weighted by atomic mass is 9.89. The number of aromatic nitrogens is 1. The van der Waals surface area contributed by atoms with Crippen molar-refractivity contribution in [2.75, 3.05) is 6.54 Å². The quantitative estimate of drug-likeness (QED) is 0.761. The molecule has 1 N–H and O–H groups in total. The molecule has 2 heteroatoms. The van der Waals surface area contributed by atoms with Gasteiger partial charge in [0.25, 0.3) is 0 Å². The van der Waals surface area contributed by atoms with Crippen LogP contribution in [0.15, 0.2) is 18.3 Å². The predicted molar refractivity (Wildman–Crippen MR) is 75.4 cm³/mol. The fourth-order valence-electron chi connectivity index (χ4n) is 4.03. The molecule has 100 valence electrons. The molecule has 1 heterocycles. The van der Waals surface area contributed by atoms with Crippen LogP contribution in [0.2, 0.25) is 0 Å². The maximum absolute atomic E-state index is 3.52. The highest BCUT2D eigenvalue weighted by Gasteiger charge is 2.39. The van der Waals surface area contributed by atoms with E-state index in [0.717, 1.165) is 30.8 Å². The van der Waals surface area contributed by atoms with E-state index in [9.17, 15) is 0 Å². The van der Waals surface area contributed by atoms with Crippen molar-refractivity contribution >= 4 is 0 Å². The van der Waals surface area contributed by atoms with Gasteiger partial charge in [-0.3, -0.25) is 0 Å². The van der Waals surface area contributed by atoms with Gasteiger partial charge in [-0.25, -0.2) is 0 Å². The molecule has 2 nitrogen and oxygen atoms in total. The molecule has 3 atom stereocenters. The molecular weight excluding hydrogens is 220 g/mol. The molecule has 2 aliphatic rings. The number of nitrogens with zero attached hydrogens (tertiary/aromatic N) is 1. The van der Waals surface area contributed by atoms with Crippen LogP contribution in [0.1, 0.15) is 44.7 Å². The predicted octanol–water partition coefficient (Wildman–Crippen LogP) is 3.42. The van der Waals surface area contributed by atoms with Gasteiger partial charge in [0.1, 0.15) is 0 Å². The zero-order chi connectivity index (χ0) is 12.4. The highest BCUT2D eigenvalue weighted by atomic mass is 15.0. The van der Waals surface area contributed by atoms with Crippen molar-refractivity contribution in [2.24, 2.45) is 17.8 Å². The Balaban J connectivity index is 1.57. The Labute approximate surface area is 111 Å². The number of hydrogen-bond donors (Lipinski definition) is 1. The normalized spacial score (nSPS) is 30.2. The van der Waals surface area contributed by atoms with E-state index < -0.39 is 0 Å². The molecule has 2 fully saturated rings. The molecule has 0 amide bonds. The van der Waals surface area contributed by atoms with Crippen molar-refractivity contribution in [3.63, 3.8) is 0 Å². The Morgan fingerprint density at radius 1 is 1.33 bits per heavy atom. The van der Waals surface area contributed by atoms with Crippen LogP contribution in [0.25, 0.3) is 0 Å². The highest BCUT2D eigenvalue weighted by molar-refractivity contribution is 5.07. The van der Waals surface area contributed by atoms with Crippen molar-refractivity contribution in [1.82, 2.24) is 9.88 Å². The van der Waals surface area contributed by atoms with Gasteiger partial charge in [0.05, 0.1) is 0 Å². The first-order valence-electron chi connectivity index (χ1n) is 7.71. The van der Waals surface area contributed by atoms with Crippen molar-refractivity contribution < 1.29 is 0 Å². The maximum atomic E-state index is 3.52. The second kappa shape index (κ2) is 5.48. The Morgan fingerprint density at radius 2 is 2.28 bits per heavy atom. The summed E-state index contributed by atoms with van der Waals surface area (Å²) in [7, 11) is 0. The molecule has 18 heavy (non-hydrogen) atoms. The first kappa shape index (κ1) is 12.3. The number of rotatable bonds is 6. The topological polar surface area (TPSA) is 17.0 Å². The Kier molecular flexibility index (Phi) is 3.74. The molecule has 1 aromatic rings. The SMILES string of the molecule is CCCNCc1cccn1CC1CC2CCC1C2. The van der Waals surface area contributed by atoms with Crippen LogP contribution >= 0.6 is 0 Å². The van der Waals surface area contributed by atoms with Gasteiger partial charge in [-0.15, -0.1) is 0 Å². The third-order valence-corrected chi connectivity index (χ3v) is 4.97. The van der Waals surface area contributed by atoms with Crippen LogP contribution in [0.4, 0.5) is 0 Å². The third-order valence-electron chi connectivity index (χ3n) is 4.97. The molecule has 3 unspecified atom stereocenters. The van der Waals surface area contributed by atoms with E-state index in [1.165, 1.54) is 44.3 Å². The molecule has 0 spiro atoms. The van der Waals surface area contributed by atoms with Crippen LogP contribution in [-0.2, 0) is 13.1 Å². The first-order valence-corrected chi connectivity index (χ1v) is 7.71. The monoisotopic (exact) mass is 246 g/mol. The molecule has 2 saturated carbocycles. The summed E-state index contributed by atoms with van der Waals surface area (Å²) in [6.07, 6.45) is 9.51. The molecule has 2 aliphatic carbocycles. The number of fused-ring (bicyclic) bond motifs is 2. The van der Waals surface area contributed by atoms with E-state index in [4.69, 9.17) is 0 Å². The van der Waals surface area contributed by atoms with E-state index in [1.54, 1.807) is 0 Å². The zero-order valence-corrected chi connectivity index (χ0v) is 11.6. The van der Waals surface area contributed by atoms with Gasteiger partial charge in [-0.1, -0.05) is 13.3 Å². The highest BCUT2D eigenvalue weighted by Crippen LogP contribution is 2.48. The van der Waals surface area contributed by atoms with E-state index in [2.05, 4.69) is 35.1 Å². The van der Waals surface area contributed by atoms with Crippen LogP contribution in [0, 0.1) is 17.8 Å². The lowest BCUT2D eigenvalue weighted by Gasteiger charge is -2.23. The molecule has 0 aliphatic heterocycles. The largest absolute Gasteiger partial charge is 0.350 e. The lowest BCUT2D eigenvalue weighted by Crippen LogP contribution is -2.21. The molecule has 1 aromatic heterocycles. The van der Waals surface area contributed by atoms with E-state index in [-0.39, 0.29) is 0 Å². The fourth-order valence-corrected chi connectivity index (χ4v) is 4.03. The average Bonchev–Trinajstić information content (AvgIpc) is 3.07. The van der Waals surface area contributed by atoms with Crippen molar-refractivity contribution in [3.8, 4) is 0 Å². The summed E-state index contributed by atoms with van der Waals surface area (Å²) < 4.78 is 2.49. The van der Waals surface area contributed by atoms with Gasteiger partial charge < -0.3 is 9.88 Å². The smallest absolute Gasteiger partial charge is 0.0359 e. The van der Waals surface area contributed by atoms with Crippen LogP contribution < -0.4 is 5.32 Å². The van der Waals surface area contributed by atoms with Gasteiger partial charge in [0.2, 0.25) is 0 Å². The summed E-state index contributed by atoms with van der Waals surface area (Å²) in [6, 6.07) is 4.48. The number of nitrogens with one attached hydrogen (secondary N) is 1. The molecule has 2 bridgehead atoms. The van der Waals surface area contributed by atoms with Crippen LogP contribution in [0.3, 0.4) is 0 Å². The van der Waals surface area contributed by atoms with Crippen LogP contribution in [0.5, 0.6) is 0 Å². The van der Waals surface area contributed by atoms with Crippen LogP contribution in [-0.4, -0.2) is 11.1 Å². The van der Waals surface area contributed by atoms with Crippen molar-refractivity contribution in [1.29, 1.82) is 0 Å². The van der Waals surface area contributed by atoms with Gasteiger partial charge in [-0.2, -0.15) is 0 Å². The standard InChI is InChI=1S/C16H26N2/c1-2-7-17-11-16-4-3-8-18(16)12-15-10-13-5-6-14(15)9-13/h3-4,8,13-15,17H,2,5-7,9-12H2,1H3. The zero-order valence-electron chi connectivity index (χ0n) is 11.6. The van der Waals surface area contributed by atoms with Gasteiger partial charge in [-0.05, 0) is 62.1 Å². The molecule has 0 aromatic carbocycles. The Morgan fingerprint density at radius 3 is 3.00 bits per heavy atom. The fraction of sp³-hybridized carbons (Fsp3) is 0.750. The minimum Gasteiger partial charge on any atom is -0.350 e. The molecule has 3 rings (SSSR count). The summed E-state index contributed by atoms with van der Waals surface area (Å²) in [4.78, 5) is 0. The van der Waals surface area contributed by atoms with Gasteiger partial charge in [0.15, 0.2) is 0 Å². The third kappa shape index (κ3) is 2.49. The molecule has 0 radical (unpaired) electrons. The summed E-state index contributed by atoms with van der Waals surface area (Å²) >= 11 is 0. The molecule has 0 saturated heterocycles. The lowest BCUT2D eigenvalue weighted by molar-refractivity contribution is 0.293. The van der Waals surface area contributed by atoms with Crippen molar-refractivity contribution in [3.05, 3.63) is 24.0 Å². The average molecular weight is 246 g/mol. The summed E-state index contributed by atoms with van der Waals surface area (Å²) in [5.74, 6) is 3.06. The number of hydrogen-bond acceptors (Lipinski definition) is 1. The first-order chi connectivity index (χ1) is 8.86. The van der Waals surface area contributed by atoms with Gasteiger partial charge >= 0.3 is 0 Å². The summed E-state index contributed by atoms with van der Waals surface area (Å²) in [5, 5.41) is 3.52. The van der Waals surface area contributed by atoms with E-state index in [0.29, 0.717) is 0 Å². The van der Waals surface area contributed by atoms with E-state index >= 15 is 0 Å². The Hall–Kier alpha value is -0.760. The second-order valence-corrected chi connectivity index (χ2v) is 6.26. The molecular formula is C16H26N2. The minimum absolute atomic E-state index is 0.959. The summed E-state index contributed by atoms with van der Waals surface area (Å²) in [6.45, 7) is 5.64. The second-order valence-electron chi connectivity index (χ2n) is 6.26. The summed E-state index contributed by atoms with van der Waals surface area (Å²) in [5.41, 5.74) is 1.46. The van der Waals surface area contributed by atoms with E-state index in [1.807, 2.05) is 0 Å². The minimum atomic E-state index is 0.959. The van der Waals surface area contributed by atoms with Crippen molar-refractivity contribution in [2.45, 2.75) is 52.1 Å². The Bertz CT molecular complexity index is 382. The maximum Gasteiger partial charge on any atom is 0.0359 e. The van der Waals surface area contributed by atoms with Gasteiger partial charge in [0, 0.05) is 25.0 Å².